The number of benzene rings is 1. The van der Waals surface area contributed by atoms with Gasteiger partial charge in [-0.3, -0.25) is 4.98 Å². The molecule has 0 bridgehead atoms. The Kier molecular flexibility index (Phi) is 2.14. The van der Waals surface area contributed by atoms with Crippen LogP contribution in [0.4, 0.5) is 5.69 Å². The van der Waals surface area contributed by atoms with Crippen LogP contribution >= 0.6 is 27.5 Å². The Labute approximate surface area is 88.8 Å². The molecule has 1 aromatic heterocycles. The molecule has 0 amide bonds. The molecule has 2 nitrogen and oxygen atoms in total. The number of aromatic nitrogens is 1. The Bertz CT molecular complexity index is 465. The third-order valence-corrected chi connectivity index (χ3v) is 2.72. The molecule has 0 saturated heterocycles. The van der Waals surface area contributed by atoms with E-state index >= 15 is 0 Å². The normalized spacial score (nSPS) is 10.6. The summed E-state index contributed by atoms with van der Waals surface area (Å²) >= 11 is 9.15. The molecule has 0 aliphatic rings. The van der Waals surface area contributed by atoms with Crippen LogP contribution in [-0.4, -0.2) is 4.98 Å². The minimum Gasteiger partial charge on any atom is -0.397 e. The van der Waals surface area contributed by atoms with E-state index < -0.39 is 0 Å². The van der Waals surface area contributed by atoms with Crippen LogP contribution in [0.3, 0.4) is 0 Å². The number of halogens is 2. The highest BCUT2D eigenvalue weighted by atomic mass is 79.9. The summed E-state index contributed by atoms with van der Waals surface area (Å²) in [5, 5.41) is 1.47. The molecule has 1 aromatic carbocycles. The first-order valence-corrected chi connectivity index (χ1v) is 4.85. The summed E-state index contributed by atoms with van der Waals surface area (Å²) in [5.41, 5.74) is 7.37. The van der Waals surface area contributed by atoms with Crippen LogP contribution in [-0.2, 0) is 0 Å². The first-order valence-electron chi connectivity index (χ1n) is 3.68. The van der Waals surface area contributed by atoms with Gasteiger partial charge in [-0.25, -0.2) is 0 Å². The lowest BCUT2D eigenvalue weighted by molar-refractivity contribution is 1.41. The minimum atomic E-state index is 0.595. The predicted molar refractivity (Wildman–Crippen MR) is 58.9 cm³/mol. The molecular weight excluding hydrogens is 251 g/mol. The molecule has 0 fully saturated rings. The zero-order valence-electron chi connectivity index (χ0n) is 6.59. The summed E-state index contributed by atoms with van der Waals surface area (Å²) in [6, 6.07) is 5.58. The van der Waals surface area contributed by atoms with Crippen LogP contribution in [0.2, 0.25) is 5.02 Å². The zero-order chi connectivity index (χ0) is 9.42. The zero-order valence-corrected chi connectivity index (χ0v) is 8.93. The van der Waals surface area contributed by atoms with E-state index in [-0.39, 0.29) is 0 Å². The fraction of sp³-hybridized carbons (Fsp3) is 0. The van der Waals surface area contributed by atoms with Gasteiger partial charge in [-0.05, 0) is 34.1 Å². The maximum absolute atomic E-state index is 5.84. The van der Waals surface area contributed by atoms with Crippen molar-refractivity contribution >= 4 is 44.1 Å². The van der Waals surface area contributed by atoms with E-state index in [1.165, 1.54) is 0 Å². The second-order valence-corrected chi connectivity index (χ2v) is 3.97. The highest BCUT2D eigenvalue weighted by molar-refractivity contribution is 9.10. The van der Waals surface area contributed by atoms with E-state index in [2.05, 4.69) is 20.9 Å². The van der Waals surface area contributed by atoms with Crippen LogP contribution in [0.5, 0.6) is 0 Å². The molecule has 0 unspecified atom stereocenters. The molecule has 0 saturated carbocycles. The fourth-order valence-electron chi connectivity index (χ4n) is 1.17. The molecule has 0 radical (unpaired) electrons. The molecule has 0 spiro atoms. The van der Waals surface area contributed by atoms with Gasteiger partial charge in [0.2, 0.25) is 0 Å². The number of rotatable bonds is 0. The first kappa shape index (κ1) is 8.78. The van der Waals surface area contributed by atoms with Crippen LogP contribution in [0.15, 0.2) is 28.9 Å². The van der Waals surface area contributed by atoms with Crippen molar-refractivity contribution in [3.8, 4) is 0 Å². The number of nitrogen functional groups attached to an aromatic ring is 1. The van der Waals surface area contributed by atoms with E-state index in [1.807, 2.05) is 18.2 Å². The number of nitrogens with two attached hydrogens (primary N) is 1. The van der Waals surface area contributed by atoms with Gasteiger partial charge in [0.25, 0.3) is 0 Å². The van der Waals surface area contributed by atoms with Gasteiger partial charge < -0.3 is 5.73 Å². The van der Waals surface area contributed by atoms with Crippen LogP contribution < -0.4 is 5.73 Å². The number of fused-ring (bicyclic) bond motifs is 1. The van der Waals surface area contributed by atoms with Crippen LogP contribution in [0.25, 0.3) is 10.9 Å². The topological polar surface area (TPSA) is 38.9 Å². The van der Waals surface area contributed by atoms with Crippen molar-refractivity contribution in [3.63, 3.8) is 0 Å². The molecule has 4 heteroatoms. The average Bonchev–Trinajstić information content (AvgIpc) is 2.12. The molecule has 2 aromatic rings. The second-order valence-electron chi connectivity index (χ2n) is 2.68. The SMILES string of the molecule is Nc1c(Br)ccc2ncc(Cl)cc12. The molecule has 1 heterocycles. The largest absolute Gasteiger partial charge is 0.397 e. The molecule has 2 rings (SSSR count). The maximum atomic E-state index is 5.84. The van der Waals surface area contributed by atoms with Crippen molar-refractivity contribution in [1.29, 1.82) is 0 Å². The van der Waals surface area contributed by atoms with Gasteiger partial charge >= 0.3 is 0 Å². The van der Waals surface area contributed by atoms with Gasteiger partial charge in [0.15, 0.2) is 0 Å². The molecule has 0 atom stereocenters. The Morgan fingerprint density at radius 2 is 2.15 bits per heavy atom. The van der Waals surface area contributed by atoms with E-state index in [4.69, 9.17) is 17.3 Å². The van der Waals surface area contributed by atoms with E-state index in [1.54, 1.807) is 6.20 Å². The minimum absolute atomic E-state index is 0.595. The van der Waals surface area contributed by atoms with Crippen molar-refractivity contribution in [2.24, 2.45) is 0 Å². The van der Waals surface area contributed by atoms with E-state index in [9.17, 15) is 0 Å². The van der Waals surface area contributed by atoms with Gasteiger partial charge in [0.1, 0.15) is 0 Å². The second kappa shape index (κ2) is 3.16. The quantitative estimate of drug-likeness (QED) is 0.736. The lowest BCUT2D eigenvalue weighted by Gasteiger charge is -2.03. The number of anilines is 1. The number of nitrogens with zero attached hydrogens (tertiary/aromatic N) is 1. The predicted octanol–water partition coefficient (Wildman–Crippen LogP) is 3.23. The summed E-state index contributed by atoms with van der Waals surface area (Å²) in [5.74, 6) is 0. The summed E-state index contributed by atoms with van der Waals surface area (Å²) < 4.78 is 0.865. The number of hydrogen-bond acceptors (Lipinski definition) is 2. The summed E-state index contributed by atoms with van der Waals surface area (Å²) in [6.07, 6.45) is 1.61. The van der Waals surface area contributed by atoms with Crippen molar-refractivity contribution in [1.82, 2.24) is 4.98 Å². The Balaban J connectivity index is 2.89. The van der Waals surface area contributed by atoms with E-state index in [0.29, 0.717) is 10.7 Å². The standard InChI is InChI=1S/C9H6BrClN2/c10-7-1-2-8-6(9(7)12)3-5(11)4-13-8/h1-4H,12H2. The fourth-order valence-corrected chi connectivity index (χ4v) is 1.67. The van der Waals surface area contributed by atoms with Crippen molar-refractivity contribution in [2.75, 3.05) is 5.73 Å². The third kappa shape index (κ3) is 1.49. The van der Waals surface area contributed by atoms with Gasteiger partial charge in [-0.2, -0.15) is 0 Å². The summed E-state index contributed by atoms with van der Waals surface area (Å²) in [4.78, 5) is 4.15. The van der Waals surface area contributed by atoms with E-state index in [0.717, 1.165) is 15.4 Å². The molecular formula is C9H6BrClN2. The van der Waals surface area contributed by atoms with Gasteiger partial charge in [0, 0.05) is 16.1 Å². The monoisotopic (exact) mass is 256 g/mol. The number of pyridine rings is 1. The van der Waals surface area contributed by atoms with Gasteiger partial charge in [-0.1, -0.05) is 11.6 Å². The average molecular weight is 258 g/mol. The van der Waals surface area contributed by atoms with Gasteiger partial charge in [-0.15, -0.1) is 0 Å². The lowest BCUT2D eigenvalue weighted by Crippen LogP contribution is -1.89. The highest BCUT2D eigenvalue weighted by Crippen LogP contribution is 2.28. The molecule has 66 valence electrons. The smallest absolute Gasteiger partial charge is 0.0724 e. The maximum Gasteiger partial charge on any atom is 0.0724 e. The Morgan fingerprint density at radius 1 is 1.38 bits per heavy atom. The third-order valence-electron chi connectivity index (χ3n) is 1.82. The van der Waals surface area contributed by atoms with Gasteiger partial charge in [0.05, 0.1) is 16.2 Å². The summed E-state index contributed by atoms with van der Waals surface area (Å²) in [6.45, 7) is 0. The Morgan fingerprint density at radius 3 is 2.92 bits per heavy atom. The van der Waals surface area contributed by atoms with Crippen LogP contribution in [0, 0.1) is 0 Å². The first-order chi connectivity index (χ1) is 6.18. The molecule has 0 aliphatic carbocycles. The van der Waals surface area contributed by atoms with Crippen LogP contribution in [0.1, 0.15) is 0 Å². The molecule has 13 heavy (non-hydrogen) atoms. The lowest BCUT2D eigenvalue weighted by atomic mass is 10.2. The number of hydrogen-bond donors (Lipinski definition) is 1. The van der Waals surface area contributed by atoms with Crippen molar-refractivity contribution in [3.05, 3.63) is 33.9 Å². The summed E-state index contributed by atoms with van der Waals surface area (Å²) in [7, 11) is 0. The highest BCUT2D eigenvalue weighted by Gasteiger charge is 2.03. The Hall–Kier alpha value is -0.800. The van der Waals surface area contributed by atoms with Crippen molar-refractivity contribution < 1.29 is 0 Å². The van der Waals surface area contributed by atoms with Crippen molar-refractivity contribution in [2.45, 2.75) is 0 Å². The molecule has 0 aliphatic heterocycles. The molecule has 2 N–H and O–H groups in total.